The summed E-state index contributed by atoms with van der Waals surface area (Å²) in [5.41, 5.74) is 1.58. The molecule has 1 N–H and O–H groups in total. The van der Waals surface area contributed by atoms with Crippen LogP contribution in [0, 0.1) is 18.3 Å². The smallest absolute Gasteiger partial charge is 0.282 e. The standard InChI is InChI=1S/C19H21N3O3/c1-4-5-10-25-17-9-7-14(11-18(17)24-3)6-8-16-13(2)15(12-20)19(23)22-21-16/h6-9,11H,4-5,10H2,1-3H3,(H,22,23). The number of hydrogen-bond donors (Lipinski definition) is 1. The maximum absolute atomic E-state index is 11.5. The molecule has 2 aromatic rings. The van der Waals surface area contributed by atoms with Crippen molar-refractivity contribution < 1.29 is 9.47 Å². The summed E-state index contributed by atoms with van der Waals surface area (Å²) in [4.78, 5) is 11.5. The quantitative estimate of drug-likeness (QED) is 0.782. The van der Waals surface area contributed by atoms with E-state index in [1.165, 1.54) is 0 Å². The number of nitrogens with one attached hydrogen (secondary N) is 1. The summed E-state index contributed by atoms with van der Waals surface area (Å²) in [6.07, 6.45) is 5.65. The van der Waals surface area contributed by atoms with Crippen LogP contribution in [0.25, 0.3) is 12.2 Å². The van der Waals surface area contributed by atoms with Crippen LogP contribution >= 0.6 is 0 Å². The van der Waals surface area contributed by atoms with E-state index in [0.717, 1.165) is 18.4 Å². The van der Waals surface area contributed by atoms with E-state index in [0.29, 0.717) is 29.4 Å². The molecule has 1 aromatic carbocycles. The molecule has 6 nitrogen and oxygen atoms in total. The van der Waals surface area contributed by atoms with Gasteiger partial charge in [-0.3, -0.25) is 4.79 Å². The Bertz CT molecular complexity index is 863. The zero-order valence-corrected chi connectivity index (χ0v) is 14.6. The molecule has 25 heavy (non-hydrogen) atoms. The van der Waals surface area contributed by atoms with Crippen molar-refractivity contribution in [1.82, 2.24) is 10.2 Å². The van der Waals surface area contributed by atoms with Crippen LogP contribution < -0.4 is 15.0 Å². The molecule has 2 rings (SSSR count). The molecule has 0 bridgehead atoms. The first-order chi connectivity index (χ1) is 12.1. The lowest BCUT2D eigenvalue weighted by Gasteiger charge is -2.11. The normalized spacial score (nSPS) is 10.6. The average Bonchev–Trinajstić information content (AvgIpc) is 2.62. The summed E-state index contributed by atoms with van der Waals surface area (Å²) in [6.45, 7) is 4.46. The molecule has 0 spiro atoms. The minimum absolute atomic E-state index is 0.0758. The molecule has 0 aliphatic heterocycles. The number of H-pyrrole nitrogens is 1. The molecule has 1 aromatic heterocycles. The summed E-state index contributed by atoms with van der Waals surface area (Å²) in [5.74, 6) is 1.36. The van der Waals surface area contributed by atoms with Crippen molar-refractivity contribution in [1.29, 1.82) is 5.26 Å². The lowest BCUT2D eigenvalue weighted by molar-refractivity contribution is 0.288. The molecule has 0 fully saturated rings. The Balaban J connectivity index is 2.24. The second-order valence-corrected chi connectivity index (χ2v) is 5.50. The van der Waals surface area contributed by atoms with Crippen molar-refractivity contribution in [2.75, 3.05) is 13.7 Å². The van der Waals surface area contributed by atoms with E-state index in [9.17, 15) is 4.79 Å². The summed E-state index contributed by atoms with van der Waals surface area (Å²) in [5, 5.41) is 15.4. The van der Waals surface area contributed by atoms with Gasteiger partial charge in [0.15, 0.2) is 11.5 Å². The fourth-order valence-electron chi connectivity index (χ4n) is 2.25. The molecule has 6 heteroatoms. The van der Waals surface area contributed by atoms with Gasteiger partial charge in [0.2, 0.25) is 0 Å². The van der Waals surface area contributed by atoms with Crippen molar-refractivity contribution in [3.63, 3.8) is 0 Å². The number of aromatic amines is 1. The first-order valence-corrected chi connectivity index (χ1v) is 8.09. The van der Waals surface area contributed by atoms with Crippen LogP contribution in [0.1, 0.15) is 42.1 Å². The van der Waals surface area contributed by atoms with Gasteiger partial charge in [0.25, 0.3) is 5.56 Å². The van der Waals surface area contributed by atoms with E-state index in [1.54, 1.807) is 20.1 Å². The summed E-state index contributed by atoms with van der Waals surface area (Å²) in [6, 6.07) is 7.54. The number of nitrogens with zero attached hydrogens (tertiary/aromatic N) is 2. The number of aromatic nitrogens is 2. The maximum Gasteiger partial charge on any atom is 0.282 e. The Morgan fingerprint density at radius 1 is 1.32 bits per heavy atom. The van der Waals surface area contributed by atoms with Gasteiger partial charge in [-0.2, -0.15) is 10.4 Å². The van der Waals surface area contributed by atoms with E-state index in [1.807, 2.05) is 30.3 Å². The van der Waals surface area contributed by atoms with Crippen LogP contribution in [0.4, 0.5) is 0 Å². The van der Waals surface area contributed by atoms with Gasteiger partial charge in [-0.25, -0.2) is 5.10 Å². The predicted molar refractivity (Wildman–Crippen MR) is 96.6 cm³/mol. The monoisotopic (exact) mass is 339 g/mol. The largest absolute Gasteiger partial charge is 0.493 e. The van der Waals surface area contributed by atoms with Crippen LogP contribution in [0.5, 0.6) is 11.5 Å². The minimum atomic E-state index is -0.479. The highest BCUT2D eigenvalue weighted by Crippen LogP contribution is 2.29. The van der Waals surface area contributed by atoms with Crippen molar-refractivity contribution in [3.05, 3.63) is 50.9 Å². The van der Waals surface area contributed by atoms with E-state index in [4.69, 9.17) is 14.7 Å². The highest BCUT2D eigenvalue weighted by Gasteiger charge is 2.08. The number of methoxy groups -OCH3 is 1. The van der Waals surface area contributed by atoms with E-state index in [-0.39, 0.29) is 5.56 Å². The Labute approximate surface area is 146 Å². The molecule has 0 unspecified atom stereocenters. The fourth-order valence-corrected chi connectivity index (χ4v) is 2.25. The molecular formula is C19H21N3O3. The molecule has 0 amide bonds. The van der Waals surface area contributed by atoms with Gasteiger partial charge in [0, 0.05) is 0 Å². The number of unbranched alkanes of at least 4 members (excludes halogenated alkanes) is 1. The third-order valence-corrected chi connectivity index (χ3v) is 3.75. The topological polar surface area (TPSA) is 88.0 Å². The van der Waals surface area contributed by atoms with E-state index < -0.39 is 5.56 Å². The van der Waals surface area contributed by atoms with Crippen LogP contribution in [0.3, 0.4) is 0 Å². The SMILES string of the molecule is CCCCOc1ccc(C=Cc2n[nH]c(=O)c(C#N)c2C)cc1OC. The number of rotatable bonds is 7. The minimum Gasteiger partial charge on any atom is -0.493 e. The van der Waals surface area contributed by atoms with Crippen molar-refractivity contribution in [3.8, 4) is 17.6 Å². The highest BCUT2D eigenvalue weighted by molar-refractivity contribution is 5.71. The fraction of sp³-hybridized carbons (Fsp3) is 0.316. The zero-order chi connectivity index (χ0) is 18.2. The van der Waals surface area contributed by atoms with Crippen molar-refractivity contribution in [2.45, 2.75) is 26.7 Å². The summed E-state index contributed by atoms with van der Waals surface area (Å²) < 4.78 is 11.1. The Morgan fingerprint density at radius 2 is 2.12 bits per heavy atom. The lowest BCUT2D eigenvalue weighted by atomic mass is 10.1. The summed E-state index contributed by atoms with van der Waals surface area (Å²) >= 11 is 0. The number of ether oxygens (including phenoxy) is 2. The number of benzene rings is 1. The van der Waals surface area contributed by atoms with Gasteiger partial charge in [-0.15, -0.1) is 0 Å². The molecule has 0 radical (unpaired) electrons. The lowest BCUT2D eigenvalue weighted by Crippen LogP contribution is -2.15. The third kappa shape index (κ3) is 4.48. The number of nitriles is 1. The average molecular weight is 339 g/mol. The molecular weight excluding hydrogens is 318 g/mol. The molecule has 0 aliphatic rings. The molecule has 0 aliphatic carbocycles. The van der Waals surface area contributed by atoms with E-state index >= 15 is 0 Å². The van der Waals surface area contributed by atoms with E-state index in [2.05, 4.69) is 17.1 Å². The first kappa shape index (κ1) is 18.3. The molecule has 0 atom stereocenters. The Hall–Kier alpha value is -3.07. The zero-order valence-electron chi connectivity index (χ0n) is 14.6. The van der Waals surface area contributed by atoms with Gasteiger partial charge in [-0.05, 0) is 42.7 Å². The van der Waals surface area contributed by atoms with Gasteiger partial charge in [0.05, 0.1) is 19.4 Å². The molecule has 0 saturated heterocycles. The maximum atomic E-state index is 11.5. The second-order valence-electron chi connectivity index (χ2n) is 5.50. The highest BCUT2D eigenvalue weighted by atomic mass is 16.5. The van der Waals surface area contributed by atoms with Gasteiger partial charge in [0.1, 0.15) is 11.6 Å². The summed E-state index contributed by atoms with van der Waals surface area (Å²) in [7, 11) is 1.60. The first-order valence-electron chi connectivity index (χ1n) is 8.09. The van der Waals surface area contributed by atoms with Crippen LogP contribution in [-0.4, -0.2) is 23.9 Å². The van der Waals surface area contributed by atoms with Crippen LogP contribution in [0.15, 0.2) is 23.0 Å². The Kier molecular flexibility index (Phi) is 6.35. The van der Waals surface area contributed by atoms with Crippen LogP contribution in [0.2, 0.25) is 0 Å². The molecule has 1 heterocycles. The van der Waals surface area contributed by atoms with Crippen molar-refractivity contribution >= 4 is 12.2 Å². The van der Waals surface area contributed by atoms with Gasteiger partial charge < -0.3 is 9.47 Å². The predicted octanol–water partition coefficient (Wildman–Crippen LogP) is 3.31. The molecule has 0 saturated carbocycles. The molecule has 130 valence electrons. The van der Waals surface area contributed by atoms with Crippen LogP contribution in [-0.2, 0) is 0 Å². The van der Waals surface area contributed by atoms with Crippen molar-refractivity contribution in [2.24, 2.45) is 0 Å². The second kappa shape index (κ2) is 8.69. The Morgan fingerprint density at radius 3 is 2.80 bits per heavy atom. The number of hydrogen-bond acceptors (Lipinski definition) is 5. The van der Waals surface area contributed by atoms with Gasteiger partial charge in [-0.1, -0.05) is 25.5 Å². The third-order valence-electron chi connectivity index (χ3n) is 3.75. The van der Waals surface area contributed by atoms with Gasteiger partial charge >= 0.3 is 0 Å².